The first-order valence-corrected chi connectivity index (χ1v) is 16.2. The maximum atomic E-state index is 4.56. The van der Waals surface area contributed by atoms with Crippen molar-refractivity contribution in [2.45, 2.75) is 20.8 Å². The van der Waals surface area contributed by atoms with E-state index in [0.29, 0.717) is 0 Å². The second-order valence-corrected chi connectivity index (χ2v) is 13.8. The molecule has 0 radical (unpaired) electrons. The number of rotatable bonds is 0. The molecule has 7 heteroatoms. The maximum absolute atomic E-state index is 4.56. The van der Waals surface area contributed by atoms with Gasteiger partial charge in [0, 0.05) is 16.2 Å². The molecule has 0 aliphatic rings. The third-order valence-corrected chi connectivity index (χ3v) is 9.98. The minimum Gasteiger partial charge on any atom is -0.241 e. The van der Waals surface area contributed by atoms with E-state index < -0.39 is 0 Å². The number of nitrogens with zero attached hydrogens (tertiary/aromatic N) is 3. The molecular formula is C36H27IrN3S3+3. The fraction of sp³-hybridized carbons (Fsp3) is 0.0833. The van der Waals surface area contributed by atoms with Crippen molar-refractivity contribution in [3.63, 3.8) is 0 Å². The second kappa shape index (κ2) is 12.6. The molecule has 0 amide bonds. The molecular weight excluding hydrogens is 763 g/mol. The first-order chi connectivity index (χ1) is 20.5. The Morgan fingerprint density at radius 3 is 0.953 bits per heavy atom. The van der Waals surface area contributed by atoms with E-state index in [4.69, 9.17) is 0 Å². The van der Waals surface area contributed by atoms with Gasteiger partial charge in [-0.3, -0.25) is 0 Å². The Hall–Kier alpha value is -3.58. The number of hydrogen-bond acceptors (Lipinski definition) is 6. The van der Waals surface area contributed by atoms with Gasteiger partial charge in [0.2, 0.25) is 0 Å². The molecule has 0 unspecified atom stereocenters. The molecule has 0 saturated heterocycles. The third kappa shape index (κ3) is 5.97. The Kier molecular flexibility index (Phi) is 8.62. The quantitative estimate of drug-likeness (QED) is 0.154. The van der Waals surface area contributed by atoms with Crippen LogP contribution in [0.25, 0.3) is 63.0 Å². The fourth-order valence-corrected chi connectivity index (χ4v) is 7.85. The Bertz CT molecular complexity index is 2100. The summed E-state index contributed by atoms with van der Waals surface area (Å²) >= 11 is 5.27. The van der Waals surface area contributed by atoms with Crippen LogP contribution in [0.3, 0.4) is 0 Å². The smallest absolute Gasteiger partial charge is 0.241 e. The second-order valence-electron chi connectivity index (χ2n) is 10.1. The minimum absolute atomic E-state index is 0. The van der Waals surface area contributed by atoms with Gasteiger partial charge in [-0.25, -0.2) is 15.0 Å². The molecule has 0 fully saturated rings. The number of benzene rings is 6. The summed E-state index contributed by atoms with van der Waals surface area (Å²) in [6.45, 7) is 6.17. The molecule has 0 N–H and O–H groups in total. The SMILES string of the molecule is Cc1nc2c(ccc3ccccc32)s1.Cc1nc2c(ccc3ccccc32)s1.Cc1nc2c(ccc3ccccc32)s1.[Ir+3]. The zero-order valence-corrected chi connectivity index (χ0v) is 28.6. The molecule has 0 bridgehead atoms. The number of thiazole rings is 3. The molecule has 3 heterocycles. The van der Waals surface area contributed by atoms with Crippen LogP contribution in [0, 0.1) is 20.8 Å². The van der Waals surface area contributed by atoms with Gasteiger partial charge in [-0.1, -0.05) is 91.0 Å². The van der Waals surface area contributed by atoms with Crippen LogP contribution in [0.4, 0.5) is 0 Å². The molecule has 0 atom stereocenters. The van der Waals surface area contributed by atoms with Gasteiger partial charge in [-0.15, -0.1) is 34.0 Å². The molecule has 9 aromatic rings. The summed E-state index contributed by atoms with van der Waals surface area (Å²) in [4.78, 5) is 13.7. The van der Waals surface area contributed by atoms with Crippen LogP contribution in [0.15, 0.2) is 109 Å². The predicted molar refractivity (Wildman–Crippen MR) is 186 cm³/mol. The summed E-state index contributed by atoms with van der Waals surface area (Å²) in [5.74, 6) is 0. The summed E-state index contributed by atoms with van der Waals surface area (Å²) < 4.78 is 3.84. The van der Waals surface area contributed by atoms with Crippen LogP contribution in [0.2, 0.25) is 0 Å². The van der Waals surface area contributed by atoms with Gasteiger partial charge in [0.1, 0.15) is 0 Å². The Morgan fingerprint density at radius 1 is 0.372 bits per heavy atom. The number of fused-ring (bicyclic) bond motifs is 9. The summed E-state index contributed by atoms with van der Waals surface area (Å²) in [6, 6.07) is 38.1. The molecule has 3 nitrogen and oxygen atoms in total. The van der Waals surface area contributed by atoms with E-state index in [1.165, 1.54) is 46.4 Å². The molecule has 0 saturated carbocycles. The summed E-state index contributed by atoms with van der Waals surface area (Å²) in [5.41, 5.74) is 3.43. The maximum Gasteiger partial charge on any atom is 3.00 e. The predicted octanol–water partition coefficient (Wildman–Crippen LogP) is 11.3. The van der Waals surface area contributed by atoms with E-state index in [0.717, 1.165) is 31.6 Å². The van der Waals surface area contributed by atoms with Gasteiger partial charge in [0.25, 0.3) is 0 Å². The average molecular weight is 790 g/mol. The monoisotopic (exact) mass is 790 g/mol. The number of aromatic nitrogens is 3. The van der Waals surface area contributed by atoms with Crippen molar-refractivity contribution in [2.24, 2.45) is 0 Å². The van der Waals surface area contributed by atoms with Gasteiger partial charge in [-0.05, 0) is 55.1 Å². The van der Waals surface area contributed by atoms with Crippen molar-refractivity contribution >= 4 is 97.0 Å². The van der Waals surface area contributed by atoms with Crippen molar-refractivity contribution < 1.29 is 20.1 Å². The Morgan fingerprint density at radius 2 is 0.651 bits per heavy atom. The molecule has 9 rings (SSSR count). The first kappa shape index (κ1) is 29.5. The zero-order chi connectivity index (χ0) is 28.6. The van der Waals surface area contributed by atoms with E-state index in [-0.39, 0.29) is 20.1 Å². The van der Waals surface area contributed by atoms with Gasteiger partial charge in [0.15, 0.2) is 0 Å². The number of hydrogen-bond donors (Lipinski definition) is 0. The van der Waals surface area contributed by atoms with Crippen molar-refractivity contribution in [3.8, 4) is 0 Å². The van der Waals surface area contributed by atoms with Gasteiger partial charge < -0.3 is 0 Å². The topological polar surface area (TPSA) is 38.7 Å². The van der Waals surface area contributed by atoms with Crippen LogP contribution in [-0.4, -0.2) is 15.0 Å². The van der Waals surface area contributed by atoms with Crippen molar-refractivity contribution in [1.82, 2.24) is 15.0 Å². The van der Waals surface area contributed by atoms with Crippen LogP contribution >= 0.6 is 34.0 Å². The van der Waals surface area contributed by atoms with Gasteiger partial charge in [-0.2, -0.15) is 0 Å². The molecule has 3 aromatic heterocycles. The normalized spacial score (nSPS) is 11.0. The average Bonchev–Trinajstić information content (AvgIpc) is 3.72. The molecule has 210 valence electrons. The fourth-order valence-electron chi connectivity index (χ4n) is 5.32. The molecule has 6 aromatic carbocycles. The Balaban J connectivity index is 0.000000113. The summed E-state index contributed by atoms with van der Waals surface area (Å²) in [6.07, 6.45) is 0. The number of aryl methyl sites for hydroxylation is 3. The minimum atomic E-state index is 0. The van der Waals surface area contributed by atoms with E-state index >= 15 is 0 Å². The van der Waals surface area contributed by atoms with Gasteiger partial charge >= 0.3 is 20.1 Å². The van der Waals surface area contributed by atoms with E-state index in [1.54, 1.807) is 34.0 Å². The van der Waals surface area contributed by atoms with E-state index in [9.17, 15) is 0 Å². The van der Waals surface area contributed by atoms with Crippen molar-refractivity contribution in [3.05, 3.63) is 124 Å². The molecule has 43 heavy (non-hydrogen) atoms. The van der Waals surface area contributed by atoms with Crippen molar-refractivity contribution in [1.29, 1.82) is 0 Å². The van der Waals surface area contributed by atoms with Gasteiger partial charge in [0.05, 0.1) is 45.7 Å². The molecule has 0 spiro atoms. The summed E-state index contributed by atoms with van der Waals surface area (Å²) in [5, 5.41) is 11.0. The van der Waals surface area contributed by atoms with E-state index in [2.05, 4.69) is 145 Å². The van der Waals surface area contributed by atoms with Crippen LogP contribution in [0.1, 0.15) is 15.0 Å². The zero-order valence-electron chi connectivity index (χ0n) is 23.8. The van der Waals surface area contributed by atoms with Crippen molar-refractivity contribution in [2.75, 3.05) is 0 Å². The standard InChI is InChI=1S/3C12H9NS.Ir/c3*1-8-13-12-10-5-3-2-4-9(10)6-7-11(12)14-8;/h3*2-7H,1H3;/q;;;+3. The molecule has 0 aliphatic carbocycles. The largest absolute Gasteiger partial charge is 3.00 e. The first-order valence-electron chi connectivity index (χ1n) is 13.8. The van der Waals surface area contributed by atoms with Crippen LogP contribution < -0.4 is 0 Å². The van der Waals surface area contributed by atoms with Crippen LogP contribution in [0.5, 0.6) is 0 Å². The Labute approximate surface area is 275 Å². The third-order valence-electron chi connectivity index (χ3n) is 7.17. The molecule has 0 aliphatic heterocycles. The summed E-state index contributed by atoms with van der Waals surface area (Å²) in [7, 11) is 0. The van der Waals surface area contributed by atoms with E-state index in [1.807, 2.05) is 0 Å². The van der Waals surface area contributed by atoms with Crippen LogP contribution in [-0.2, 0) is 20.1 Å².